The van der Waals surface area contributed by atoms with E-state index in [4.69, 9.17) is 9.47 Å². The highest BCUT2D eigenvalue weighted by molar-refractivity contribution is 5.60. The molecule has 0 bridgehead atoms. The summed E-state index contributed by atoms with van der Waals surface area (Å²) in [5, 5.41) is 3.70. The van der Waals surface area contributed by atoms with Crippen molar-refractivity contribution in [1.82, 2.24) is 4.90 Å². The summed E-state index contributed by atoms with van der Waals surface area (Å²) in [6.45, 7) is 6.46. The van der Waals surface area contributed by atoms with E-state index in [0.29, 0.717) is 12.1 Å². The summed E-state index contributed by atoms with van der Waals surface area (Å²) in [6, 6.07) is 15.8. The Bertz CT molecular complexity index is 703. The zero-order valence-corrected chi connectivity index (χ0v) is 15.6. The molecule has 4 heteroatoms. The molecular formula is C21H28N2O2. The second-order valence-electron chi connectivity index (χ2n) is 6.86. The van der Waals surface area contributed by atoms with Crippen molar-refractivity contribution in [2.24, 2.45) is 0 Å². The molecule has 1 heterocycles. The molecule has 1 saturated heterocycles. The molecule has 1 fully saturated rings. The zero-order valence-electron chi connectivity index (χ0n) is 15.6. The van der Waals surface area contributed by atoms with E-state index in [1.807, 2.05) is 12.1 Å². The van der Waals surface area contributed by atoms with E-state index >= 15 is 0 Å². The molecule has 1 N–H and O–H groups in total. The second kappa shape index (κ2) is 7.79. The first-order valence-electron chi connectivity index (χ1n) is 8.88. The Morgan fingerprint density at radius 1 is 1.08 bits per heavy atom. The summed E-state index contributed by atoms with van der Waals surface area (Å²) in [4.78, 5) is 2.54. The lowest BCUT2D eigenvalue weighted by Gasteiger charge is -2.21. The van der Waals surface area contributed by atoms with Crippen LogP contribution in [-0.2, 0) is 6.54 Å². The number of aryl methyl sites for hydroxylation is 1. The third-order valence-electron chi connectivity index (χ3n) is 5.02. The molecule has 0 radical (unpaired) electrons. The van der Waals surface area contributed by atoms with Gasteiger partial charge in [-0.05, 0) is 37.5 Å². The van der Waals surface area contributed by atoms with Crippen molar-refractivity contribution in [2.75, 3.05) is 26.1 Å². The predicted molar refractivity (Wildman–Crippen MR) is 103 cm³/mol. The SMILES string of the molecule is COc1cc(C)c(NC2CC(C)N(Cc3ccccc3)C2)cc1OC. The Kier molecular flexibility index (Phi) is 5.49. The van der Waals surface area contributed by atoms with E-state index in [1.165, 1.54) is 11.1 Å². The van der Waals surface area contributed by atoms with Gasteiger partial charge >= 0.3 is 0 Å². The number of anilines is 1. The maximum Gasteiger partial charge on any atom is 0.162 e. The molecule has 134 valence electrons. The topological polar surface area (TPSA) is 33.7 Å². The van der Waals surface area contributed by atoms with Gasteiger partial charge in [-0.1, -0.05) is 30.3 Å². The smallest absolute Gasteiger partial charge is 0.162 e. The summed E-state index contributed by atoms with van der Waals surface area (Å²) in [6.07, 6.45) is 1.14. The van der Waals surface area contributed by atoms with Gasteiger partial charge in [0.2, 0.25) is 0 Å². The fourth-order valence-electron chi connectivity index (χ4n) is 3.60. The van der Waals surface area contributed by atoms with Gasteiger partial charge in [-0.25, -0.2) is 0 Å². The van der Waals surface area contributed by atoms with Gasteiger partial charge in [0.1, 0.15) is 0 Å². The van der Waals surface area contributed by atoms with Crippen molar-refractivity contribution in [1.29, 1.82) is 0 Å². The minimum Gasteiger partial charge on any atom is -0.493 e. The Balaban J connectivity index is 1.68. The van der Waals surface area contributed by atoms with Crippen LogP contribution >= 0.6 is 0 Å². The van der Waals surface area contributed by atoms with Gasteiger partial charge < -0.3 is 14.8 Å². The minimum absolute atomic E-state index is 0.440. The van der Waals surface area contributed by atoms with Gasteiger partial charge in [0.25, 0.3) is 0 Å². The molecule has 0 amide bonds. The lowest BCUT2D eigenvalue weighted by atomic mass is 10.1. The van der Waals surface area contributed by atoms with Crippen LogP contribution in [0.4, 0.5) is 5.69 Å². The summed E-state index contributed by atoms with van der Waals surface area (Å²) >= 11 is 0. The van der Waals surface area contributed by atoms with E-state index in [-0.39, 0.29) is 0 Å². The molecule has 1 aliphatic rings. The number of hydrogen-bond donors (Lipinski definition) is 1. The highest BCUT2D eigenvalue weighted by Crippen LogP contribution is 2.34. The predicted octanol–water partition coefficient (Wildman–Crippen LogP) is 4.09. The van der Waals surface area contributed by atoms with E-state index < -0.39 is 0 Å². The minimum atomic E-state index is 0.440. The van der Waals surface area contributed by atoms with Crippen LogP contribution in [0.5, 0.6) is 11.5 Å². The van der Waals surface area contributed by atoms with Crippen LogP contribution in [0.25, 0.3) is 0 Å². The van der Waals surface area contributed by atoms with Crippen molar-refractivity contribution in [2.45, 2.75) is 38.9 Å². The maximum atomic E-state index is 5.44. The third kappa shape index (κ3) is 4.07. The number of benzene rings is 2. The molecule has 0 saturated carbocycles. The standard InChI is InChI=1S/C21H28N2O2/c1-15-10-20(24-3)21(25-4)12-19(15)22-18-11-16(2)23(14-18)13-17-8-6-5-7-9-17/h5-10,12,16,18,22H,11,13-14H2,1-4H3. The summed E-state index contributed by atoms with van der Waals surface area (Å²) in [5.41, 5.74) is 3.67. The molecule has 2 unspecified atom stereocenters. The Morgan fingerprint density at radius 3 is 2.44 bits per heavy atom. The molecule has 2 aromatic rings. The van der Waals surface area contributed by atoms with Crippen LogP contribution in [0.3, 0.4) is 0 Å². The number of nitrogens with one attached hydrogen (secondary N) is 1. The Labute approximate surface area is 150 Å². The average molecular weight is 340 g/mol. The molecule has 3 rings (SSSR count). The lowest BCUT2D eigenvalue weighted by molar-refractivity contribution is 0.259. The molecular weight excluding hydrogens is 312 g/mol. The number of hydrogen-bond acceptors (Lipinski definition) is 4. The molecule has 2 aromatic carbocycles. The first kappa shape index (κ1) is 17.6. The van der Waals surface area contributed by atoms with E-state index in [9.17, 15) is 0 Å². The van der Waals surface area contributed by atoms with Crippen molar-refractivity contribution in [3.05, 3.63) is 53.6 Å². The zero-order chi connectivity index (χ0) is 17.8. The Hall–Kier alpha value is -2.20. The van der Waals surface area contributed by atoms with Crippen molar-refractivity contribution < 1.29 is 9.47 Å². The molecule has 2 atom stereocenters. The fourth-order valence-corrected chi connectivity index (χ4v) is 3.60. The molecule has 0 spiro atoms. The fraction of sp³-hybridized carbons (Fsp3) is 0.429. The molecule has 4 nitrogen and oxygen atoms in total. The van der Waals surface area contributed by atoms with Crippen molar-refractivity contribution in [3.63, 3.8) is 0 Å². The van der Waals surface area contributed by atoms with Crippen LogP contribution in [0.2, 0.25) is 0 Å². The third-order valence-corrected chi connectivity index (χ3v) is 5.02. The molecule has 25 heavy (non-hydrogen) atoms. The van der Waals surface area contributed by atoms with Gasteiger partial charge in [0.05, 0.1) is 14.2 Å². The van der Waals surface area contributed by atoms with Gasteiger partial charge in [0.15, 0.2) is 11.5 Å². The molecule has 1 aliphatic heterocycles. The Morgan fingerprint density at radius 2 is 1.76 bits per heavy atom. The summed E-state index contributed by atoms with van der Waals surface area (Å²) in [7, 11) is 3.35. The van der Waals surface area contributed by atoms with Crippen LogP contribution in [0, 0.1) is 6.92 Å². The summed E-state index contributed by atoms with van der Waals surface area (Å²) in [5.74, 6) is 1.54. The second-order valence-corrected chi connectivity index (χ2v) is 6.86. The number of rotatable bonds is 6. The van der Waals surface area contributed by atoms with Gasteiger partial charge in [-0.3, -0.25) is 4.90 Å². The van der Waals surface area contributed by atoms with Gasteiger partial charge in [-0.15, -0.1) is 0 Å². The van der Waals surface area contributed by atoms with Crippen molar-refractivity contribution in [3.8, 4) is 11.5 Å². The number of likely N-dealkylation sites (tertiary alicyclic amines) is 1. The van der Waals surface area contributed by atoms with E-state index in [2.05, 4.69) is 54.4 Å². The van der Waals surface area contributed by atoms with Gasteiger partial charge in [-0.2, -0.15) is 0 Å². The van der Waals surface area contributed by atoms with E-state index in [1.54, 1.807) is 14.2 Å². The molecule has 0 aliphatic carbocycles. The highest BCUT2D eigenvalue weighted by atomic mass is 16.5. The van der Waals surface area contributed by atoms with Crippen LogP contribution in [-0.4, -0.2) is 37.7 Å². The van der Waals surface area contributed by atoms with Crippen LogP contribution in [0.1, 0.15) is 24.5 Å². The number of nitrogens with zero attached hydrogens (tertiary/aromatic N) is 1. The maximum absolute atomic E-state index is 5.44. The average Bonchev–Trinajstić information content (AvgIpc) is 2.96. The highest BCUT2D eigenvalue weighted by Gasteiger charge is 2.29. The summed E-state index contributed by atoms with van der Waals surface area (Å²) < 4.78 is 10.8. The van der Waals surface area contributed by atoms with Gasteiger partial charge in [0, 0.05) is 36.9 Å². The first-order valence-corrected chi connectivity index (χ1v) is 8.88. The largest absolute Gasteiger partial charge is 0.493 e. The lowest BCUT2D eigenvalue weighted by Crippen LogP contribution is -2.28. The monoisotopic (exact) mass is 340 g/mol. The number of methoxy groups -OCH3 is 2. The first-order chi connectivity index (χ1) is 12.1. The van der Waals surface area contributed by atoms with Crippen LogP contribution < -0.4 is 14.8 Å². The quantitative estimate of drug-likeness (QED) is 0.859. The van der Waals surface area contributed by atoms with Crippen LogP contribution in [0.15, 0.2) is 42.5 Å². The number of ether oxygens (including phenoxy) is 2. The molecule has 0 aromatic heterocycles. The van der Waals surface area contributed by atoms with Crippen molar-refractivity contribution >= 4 is 5.69 Å². The normalized spacial score (nSPS) is 20.5. The van der Waals surface area contributed by atoms with E-state index in [0.717, 1.165) is 36.7 Å².